The van der Waals surface area contributed by atoms with Gasteiger partial charge in [0, 0.05) is 0 Å². The van der Waals surface area contributed by atoms with E-state index in [1.165, 1.54) is 12.2 Å². The Morgan fingerprint density at radius 2 is 0.885 bits per heavy atom. The van der Waals surface area contributed by atoms with E-state index in [2.05, 4.69) is 27.7 Å². The molecule has 6 heteroatoms. The van der Waals surface area contributed by atoms with E-state index >= 15 is 0 Å². The molecular weight excluding hydrogens is 542 g/mol. The van der Waals surface area contributed by atoms with Crippen LogP contribution in [0.4, 0.5) is 0 Å². The molecule has 0 aromatic rings. The van der Waals surface area contributed by atoms with Crippen LogP contribution in [-0.4, -0.2) is 52.3 Å². The number of hydrogen-bond donors (Lipinski definition) is 0. The molecule has 0 aromatic heterocycles. The van der Waals surface area contributed by atoms with E-state index in [1.54, 1.807) is 0 Å². The molecule has 0 rings (SSSR count). The summed E-state index contributed by atoms with van der Waals surface area (Å²) >= 11 is -4.47. The molecule has 0 aromatic carbocycles. The average Bonchev–Trinajstić information content (AvgIpc) is 2.64. The van der Waals surface area contributed by atoms with Crippen LogP contribution in [-0.2, 0) is 15.7 Å². The van der Waals surface area contributed by atoms with Crippen LogP contribution in [0.15, 0.2) is 12.2 Å². The van der Waals surface area contributed by atoms with Crippen LogP contribution in [0.25, 0.3) is 0 Å². The normalized spacial score (nSPS) is 11.5. The monoisotopic (exact) mass is 584 g/mol. The Morgan fingerprint density at radius 3 is 1.12 bits per heavy atom. The fourth-order valence-corrected chi connectivity index (χ4v) is 18.0. The Bertz CT molecular complexity index is 347. The molecule has 0 spiro atoms. The van der Waals surface area contributed by atoms with Gasteiger partial charge in [-0.2, -0.15) is 0 Å². The molecule has 0 aliphatic rings. The van der Waals surface area contributed by atoms with Crippen molar-refractivity contribution in [3.8, 4) is 0 Å². The SMILES string of the molecule is CCC[CH2][SnH]([CH2]CCC)[O]C(=O)C=CC(=O)[O][SnH]([CH2]CCC)[CH2]CCC. The fraction of sp³-hybridized carbons (Fsp3) is 0.800. The van der Waals surface area contributed by atoms with Gasteiger partial charge >= 0.3 is 177 Å². The first kappa shape index (κ1) is 26.3. The number of unbranched alkanes of at least 4 members (excludes halogenated alkanes) is 4. The molecule has 0 saturated carbocycles. The van der Waals surface area contributed by atoms with Gasteiger partial charge in [-0.05, 0) is 0 Å². The molecular formula is C20H40O4Sn2. The first-order valence-electron chi connectivity index (χ1n) is 10.7. The molecule has 0 atom stereocenters. The third-order valence-corrected chi connectivity index (χ3v) is 19.7. The number of carbonyl (C=O) groups excluding carboxylic acids is 2. The molecule has 152 valence electrons. The van der Waals surface area contributed by atoms with Gasteiger partial charge in [-0.15, -0.1) is 0 Å². The minimum atomic E-state index is -2.23. The van der Waals surface area contributed by atoms with Crippen molar-refractivity contribution in [3.63, 3.8) is 0 Å². The summed E-state index contributed by atoms with van der Waals surface area (Å²) < 4.78 is 15.9. The maximum atomic E-state index is 12.1. The van der Waals surface area contributed by atoms with Gasteiger partial charge < -0.3 is 0 Å². The number of rotatable bonds is 16. The van der Waals surface area contributed by atoms with E-state index in [9.17, 15) is 9.59 Å². The first-order chi connectivity index (χ1) is 12.6. The summed E-state index contributed by atoms with van der Waals surface area (Å²) in [5.74, 6) is -0.660. The van der Waals surface area contributed by atoms with Crippen molar-refractivity contribution in [1.29, 1.82) is 0 Å². The summed E-state index contributed by atoms with van der Waals surface area (Å²) in [5.41, 5.74) is 0. The van der Waals surface area contributed by atoms with Gasteiger partial charge in [-0.1, -0.05) is 0 Å². The Hall–Kier alpha value is 0.277. The van der Waals surface area contributed by atoms with Crippen LogP contribution in [0.3, 0.4) is 0 Å². The zero-order valence-electron chi connectivity index (χ0n) is 17.4. The van der Waals surface area contributed by atoms with Crippen molar-refractivity contribution in [2.45, 2.75) is 96.8 Å². The van der Waals surface area contributed by atoms with Crippen molar-refractivity contribution >= 4 is 52.3 Å². The molecule has 0 N–H and O–H groups in total. The summed E-state index contributed by atoms with van der Waals surface area (Å²) in [6, 6.07) is 0. The van der Waals surface area contributed by atoms with Gasteiger partial charge in [0.15, 0.2) is 0 Å². The van der Waals surface area contributed by atoms with E-state index in [0.29, 0.717) is 0 Å². The van der Waals surface area contributed by atoms with Gasteiger partial charge in [0.05, 0.1) is 0 Å². The zero-order chi connectivity index (χ0) is 19.6. The quantitative estimate of drug-likeness (QED) is 0.184. The second-order valence-corrected chi connectivity index (χ2v) is 22.1. The van der Waals surface area contributed by atoms with Gasteiger partial charge in [0.1, 0.15) is 0 Å². The summed E-state index contributed by atoms with van der Waals surface area (Å²) in [5, 5.41) is 0. The molecule has 0 aliphatic carbocycles. The zero-order valence-corrected chi connectivity index (χ0v) is 24.0. The first-order valence-corrected chi connectivity index (χ1v) is 22.7. The summed E-state index contributed by atoms with van der Waals surface area (Å²) in [6.07, 6.45) is 11.8. The van der Waals surface area contributed by atoms with Crippen molar-refractivity contribution < 1.29 is 15.7 Å². The van der Waals surface area contributed by atoms with Gasteiger partial charge in [0.25, 0.3) is 0 Å². The molecule has 0 heterocycles. The van der Waals surface area contributed by atoms with E-state index in [4.69, 9.17) is 6.15 Å². The van der Waals surface area contributed by atoms with Crippen LogP contribution in [0.5, 0.6) is 0 Å². The minimum absolute atomic E-state index is 0.330. The third kappa shape index (κ3) is 15.3. The van der Waals surface area contributed by atoms with Gasteiger partial charge in [-0.25, -0.2) is 0 Å². The molecule has 0 aliphatic heterocycles. The third-order valence-electron chi connectivity index (χ3n) is 4.44. The molecule has 0 bridgehead atoms. The van der Waals surface area contributed by atoms with Crippen molar-refractivity contribution in [2.24, 2.45) is 0 Å². The predicted octanol–water partition coefficient (Wildman–Crippen LogP) is 5.28. The summed E-state index contributed by atoms with van der Waals surface area (Å²) in [6.45, 7) is 8.67. The molecule has 0 unspecified atom stereocenters. The second-order valence-electron chi connectivity index (χ2n) is 7.02. The van der Waals surface area contributed by atoms with Crippen molar-refractivity contribution in [3.05, 3.63) is 12.2 Å². The number of hydrogen-bond acceptors (Lipinski definition) is 4. The Balaban J connectivity index is 4.43. The van der Waals surface area contributed by atoms with Crippen molar-refractivity contribution in [1.82, 2.24) is 0 Å². The van der Waals surface area contributed by atoms with E-state index in [-0.39, 0.29) is 11.9 Å². The van der Waals surface area contributed by atoms with Gasteiger partial charge in [-0.3, -0.25) is 0 Å². The fourth-order valence-electron chi connectivity index (χ4n) is 2.79. The van der Waals surface area contributed by atoms with Gasteiger partial charge in [0.2, 0.25) is 0 Å². The topological polar surface area (TPSA) is 52.6 Å². The summed E-state index contributed by atoms with van der Waals surface area (Å²) in [7, 11) is 0. The molecule has 0 fully saturated rings. The Kier molecular flexibility index (Phi) is 18.8. The molecule has 0 amide bonds. The van der Waals surface area contributed by atoms with E-state index < -0.39 is 40.3 Å². The van der Waals surface area contributed by atoms with Crippen LogP contribution < -0.4 is 0 Å². The molecule has 0 radical (unpaired) electrons. The molecule has 0 saturated heterocycles. The van der Waals surface area contributed by atoms with E-state index in [1.807, 2.05) is 0 Å². The van der Waals surface area contributed by atoms with Crippen molar-refractivity contribution in [2.75, 3.05) is 0 Å². The van der Waals surface area contributed by atoms with E-state index in [0.717, 1.165) is 69.1 Å². The Labute approximate surface area is 176 Å². The van der Waals surface area contributed by atoms with Crippen LogP contribution in [0.1, 0.15) is 79.1 Å². The van der Waals surface area contributed by atoms with Crippen LogP contribution in [0.2, 0.25) is 17.7 Å². The van der Waals surface area contributed by atoms with Crippen LogP contribution >= 0.6 is 0 Å². The average molecular weight is 582 g/mol. The summed E-state index contributed by atoms with van der Waals surface area (Å²) in [4.78, 5) is 24.1. The molecule has 26 heavy (non-hydrogen) atoms. The second kappa shape index (κ2) is 18.6. The standard InChI is InChI=1S/C4H4O4.4C4H9.2Sn.2H/c5-3(6)1-2-4(7)8;4*1-3-4-2;;;;/h1-2H,(H,5,6)(H,7,8);4*1,3-4H2,2H3;;;;/q;;;;;2*+1;;/p-2. The Morgan fingerprint density at radius 1 is 0.615 bits per heavy atom. The molecule has 4 nitrogen and oxygen atoms in total. The van der Waals surface area contributed by atoms with Crippen LogP contribution in [0, 0.1) is 0 Å². The predicted molar refractivity (Wildman–Crippen MR) is 114 cm³/mol. The maximum absolute atomic E-state index is 12.1. The number of carbonyl (C=O) groups is 2.